The molecule has 1 aromatic rings. The summed E-state index contributed by atoms with van der Waals surface area (Å²) in [5.74, 6) is -3.73. The molecule has 0 spiro atoms. The fraction of sp³-hybridized carbons (Fsp3) is 0.500. The highest BCUT2D eigenvalue weighted by Crippen LogP contribution is 2.22. The third kappa shape index (κ3) is 4.19. The molecular formula is C14H19ClF2N2O3S. The van der Waals surface area contributed by atoms with Gasteiger partial charge in [0.05, 0.1) is 4.90 Å². The van der Waals surface area contributed by atoms with Crippen LogP contribution in [0.25, 0.3) is 0 Å². The molecule has 0 saturated carbocycles. The summed E-state index contributed by atoms with van der Waals surface area (Å²) in [5, 5.41) is 0. The number of piperidine rings is 1. The smallest absolute Gasteiger partial charge is 0.334 e. The minimum absolute atomic E-state index is 0. The highest BCUT2D eigenvalue weighted by molar-refractivity contribution is 7.91. The van der Waals surface area contributed by atoms with E-state index in [1.165, 1.54) is 12.1 Å². The number of carbonyl (C=O) groups is 1. The Labute approximate surface area is 140 Å². The van der Waals surface area contributed by atoms with E-state index < -0.39 is 20.5 Å². The molecule has 1 heterocycles. The lowest BCUT2D eigenvalue weighted by Gasteiger charge is -2.35. The molecule has 23 heavy (non-hydrogen) atoms. The predicted molar refractivity (Wildman–Crippen MR) is 84.6 cm³/mol. The van der Waals surface area contributed by atoms with Crippen molar-refractivity contribution in [1.82, 2.24) is 4.90 Å². The summed E-state index contributed by atoms with van der Waals surface area (Å²) in [5.41, 5.74) is 5.94. The van der Waals surface area contributed by atoms with Crippen LogP contribution < -0.4 is 5.73 Å². The molecule has 1 amide bonds. The van der Waals surface area contributed by atoms with Gasteiger partial charge in [0.2, 0.25) is 9.84 Å². The lowest BCUT2D eigenvalue weighted by atomic mass is 10.0. The second-order valence-corrected chi connectivity index (χ2v) is 7.13. The zero-order valence-electron chi connectivity index (χ0n) is 12.3. The third-order valence-electron chi connectivity index (χ3n) is 3.82. The summed E-state index contributed by atoms with van der Waals surface area (Å²) in [6, 6.07) is 4.57. The molecule has 1 saturated heterocycles. The van der Waals surface area contributed by atoms with Gasteiger partial charge < -0.3 is 10.6 Å². The van der Waals surface area contributed by atoms with Crippen LogP contribution in [0.3, 0.4) is 0 Å². The molecule has 1 aliphatic heterocycles. The number of benzene rings is 1. The number of alkyl halides is 2. The van der Waals surface area contributed by atoms with Gasteiger partial charge in [0.1, 0.15) is 0 Å². The van der Waals surface area contributed by atoms with E-state index in [2.05, 4.69) is 0 Å². The van der Waals surface area contributed by atoms with Crippen LogP contribution >= 0.6 is 12.4 Å². The largest absolute Gasteiger partial charge is 0.341 e. The van der Waals surface area contributed by atoms with Gasteiger partial charge in [-0.1, -0.05) is 0 Å². The first kappa shape index (κ1) is 19.8. The standard InChI is InChI=1S/C14H18F2N2O3S.ClH/c15-14(16)22(20,21)12-6-4-10(5-7-12)13(19)18-8-2-1-3-11(18)9-17;/h4-7,11,14H,1-3,8-9,17H2;1H. The van der Waals surface area contributed by atoms with Gasteiger partial charge in [-0.05, 0) is 43.5 Å². The maximum Gasteiger partial charge on any atom is 0.341 e. The van der Waals surface area contributed by atoms with Gasteiger partial charge in [0, 0.05) is 24.7 Å². The van der Waals surface area contributed by atoms with Gasteiger partial charge in [-0.2, -0.15) is 8.78 Å². The zero-order chi connectivity index (χ0) is 16.3. The second kappa shape index (κ2) is 8.03. The van der Waals surface area contributed by atoms with Gasteiger partial charge in [0.25, 0.3) is 5.91 Å². The highest BCUT2D eigenvalue weighted by atomic mass is 35.5. The van der Waals surface area contributed by atoms with E-state index in [0.717, 1.165) is 31.4 Å². The Kier molecular flexibility index (Phi) is 6.91. The molecule has 5 nitrogen and oxygen atoms in total. The van der Waals surface area contributed by atoms with E-state index in [1.54, 1.807) is 4.90 Å². The minimum atomic E-state index is -4.64. The van der Waals surface area contributed by atoms with Crippen molar-refractivity contribution in [3.8, 4) is 0 Å². The average Bonchev–Trinajstić information content (AvgIpc) is 2.54. The topological polar surface area (TPSA) is 80.5 Å². The fourth-order valence-electron chi connectivity index (χ4n) is 2.57. The van der Waals surface area contributed by atoms with Crippen LogP contribution in [0.4, 0.5) is 8.78 Å². The van der Waals surface area contributed by atoms with Crippen LogP contribution in [0, 0.1) is 0 Å². The Morgan fingerprint density at radius 1 is 1.26 bits per heavy atom. The first-order valence-electron chi connectivity index (χ1n) is 7.01. The second-order valence-electron chi connectivity index (χ2n) is 5.21. The van der Waals surface area contributed by atoms with Crippen molar-refractivity contribution >= 4 is 28.2 Å². The molecule has 1 unspecified atom stereocenters. The van der Waals surface area contributed by atoms with Crippen molar-refractivity contribution in [2.75, 3.05) is 13.1 Å². The van der Waals surface area contributed by atoms with Crippen LogP contribution in [0.5, 0.6) is 0 Å². The Morgan fingerprint density at radius 2 is 1.87 bits per heavy atom. The number of nitrogens with two attached hydrogens (primary N) is 1. The summed E-state index contributed by atoms with van der Waals surface area (Å²) in [6.45, 7) is 0.960. The number of sulfone groups is 1. The number of amides is 1. The molecule has 2 N–H and O–H groups in total. The molecule has 0 aromatic heterocycles. The molecule has 0 aliphatic carbocycles. The normalized spacial score (nSPS) is 18.6. The van der Waals surface area contributed by atoms with Crippen molar-refractivity contribution < 1.29 is 22.0 Å². The quantitative estimate of drug-likeness (QED) is 0.882. The lowest BCUT2D eigenvalue weighted by Crippen LogP contribution is -2.47. The Bertz CT molecular complexity index is 638. The minimum Gasteiger partial charge on any atom is -0.334 e. The molecular weight excluding hydrogens is 350 g/mol. The van der Waals surface area contributed by atoms with Crippen molar-refractivity contribution in [3.63, 3.8) is 0 Å². The van der Waals surface area contributed by atoms with E-state index in [1.807, 2.05) is 0 Å². The van der Waals surface area contributed by atoms with E-state index in [4.69, 9.17) is 5.73 Å². The summed E-state index contributed by atoms with van der Waals surface area (Å²) in [7, 11) is -4.64. The Balaban J connectivity index is 0.00000264. The Morgan fingerprint density at radius 3 is 2.39 bits per heavy atom. The van der Waals surface area contributed by atoms with Crippen LogP contribution in [-0.2, 0) is 9.84 Å². The first-order valence-corrected chi connectivity index (χ1v) is 8.55. The van der Waals surface area contributed by atoms with Crippen molar-refractivity contribution in [1.29, 1.82) is 0 Å². The lowest BCUT2D eigenvalue weighted by molar-refractivity contribution is 0.0623. The number of hydrogen-bond acceptors (Lipinski definition) is 4. The van der Waals surface area contributed by atoms with Crippen LogP contribution in [-0.4, -0.2) is 44.1 Å². The number of nitrogens with zero attached hydrogens (tertiary/aromatic N) is 1. The highest BCUT2D eigenvalue weighted by Gasteiger charge is 2.28. The monoisotopic (exact) mass is 368 g/mol. The van der Waals surface area contributed by atoms with Crippen molar-refractivity contribution in [3.05, 3.63) is 29.8 Å². The van der Waals surface area contributed by atoms with E-state index in [0.29, 0.717) is 13.1 Å². The molecule has 1 atom stereocenters. The van der Waals surface area contributed by atoms with Gasteiger partial charge in [-0.3, -0.25) is 4.79 Å². The maximum atomic E-state index is 12.5. The number of hydrogen-bond donors (Lipinski definition) is 1. The molecule has 1 aromatic carbocycles. The number of likely N-dealkylation sites (tertiary alicyclic amines) is 1. The predicted octanol–water partition coefficient (Wildman–Crippen LogP) is 2.06. The number of rotatable bonds is 4. The zero-order valence-corrected chi connectivity index (χ0v) is 14.0. The van der Waals surface area contributed by atoms with Gasteiger partial charge in [-0.25, -0.2) is 8.42 Å². The fourth-order valence-corrected chi connectivity index (χ4v) is 3.29. The van der Waals surface area contributed by atoms with E-state index in [-0.39, 0.29) is 29.9 Å². The third-order valence-corrected chi connectivity index (χ3v) is 5.22. The Hall–Kier alpha value is -1.25. The molecule has 130 valence electrons. The van der Waals surface area contributed by atoms with Gasteiger partial charge in [-0.15, -0.1) is 12.4 Å². The SMILES string of the molecule is Cl.NCC1CCCCN1C(=O)c1ccc(S(=O)(=O)C(F)F)cc1. The van der Waals surface area contributed by atoms with Crippen LogP contribution in [0.2, 0.25) is 0 Å². The molecule has 9 heteroatoms. The van der Waals surface area contributed by atoms with Crippen molar-refractivity contribution in [2.24, 2.45) is 5.73 Å². The van der Waals surface area contributed by atoms with Crippen LogP contribution in [0.15, 0.2) is 29.2 Å². The molecule has 1 fully saturated rings. The molecule has 1 aliphatic rings. The van der Waals surface area contributed by atoms with E-state index in [9.17, 15) is 22.0 Å². The number of halogens is 3. The molecule has 0 bridgehead atoms. The van der Waals surface area contributed by atoms with Crippen LogP contribution in [0.1, 0.15) is 29.6 Å². The summed E-state index contributed by atoms with van der Waals surface area (Å²) < 4.78 is 47.6. The van der Waals surface area contributed by atoms with Crippen molar-refractivity contribution in [2.45, 2.75) is 36.0 Å². The first-order chi connectivity index (χ1) is 10.4. The van der Waals surface area contributed by atoms with Gasteiger partial charge in [0.15, 0.2) is 0 Å². The summed E-state index contributed by atoms with van der Waals surface area (Å²) >= 11 is 0. The van der Waals surface area contributed by atoms with E-state index >= 15 is 0 Å². The average molecular weight is 369 g/mol. The number of carbonyl (C=O) groups excluding carboxylic acids is 1. The summed E-state index contributed by atoms with van der Waals surface area (Å²) in [6.07, 6.45) is 2.73. The molecule has 0 radical (unpaired) electrons. The summed E-state index contributed by atoms with van der Waals surface area (Å²) in [4.78, 5) is 13.6. The maximum absolute atomic E-state index is 12.5. The molecule has 2 rings (SSSR count). The van der Waals surface area contributed by atoms with Gasteiger partial charge >= 0.3 is 5.76 Å².